The van der Waals surface area contributed by atoms with Gasteiger partial charge in [-0.05, 0) is 42.5 Å². The molecule has 0 aromatic heterocycles. The van der Waals surface area contributed by atoms with Gasteiger partial charge in [0, 0.05) is 16.7 Å². The van der Waals surface area contributed by atoms with E-state index >= 15 is 0 Å². The molecule has 1 amide bonds. The van der Waals surface area contributed by atoms with Gasteiger partial charge < -0.3 is 14.8 Å². The molecule has 3 rings (SSSR count). The number of carbonyl (C=O) groups is 1. The van der Waals surface area contributed by atoms with Gasteiger partial charge in [-0.2, -0.15) is 0 Å². The van der Waals surface area contributed by atoms with Crippen LogP contribution in [0.1, 0.15) is 5.56 Å². The molecule has 29 heavy (non-hydrogen) atoms. The highest BCUT2D eigenvalue weighted by Crippen LogP contribution is 2.33. The van der Waals surface area contributed by atoms with Crippen LogP contribution < -0.4 is 14.8 Å². The lowest BCUT2D eigenvalue weighted by molar-refractivity contribution is -0.385. The molecule has 7 nitrogen and oxygen atoms in total. The van der Waals surface area contributed by atoms with Crippen molar-refractivity contribution in [1.29, 1.82) is 0 Å². The van der Waals surface area contributed by atoms with Crippen LogP contribution >= 0.6 is 11.6 Å². The highest BCUT2D eigenvalue weighted by molar-refractivity contribution is 6.31. The van der Waals surface area contributed by atoms with Gasteiger partial charge in [-0.3, -0.25) is 14.9 Å². The normalized spacial score (nSPS) is 10.3. The molecule has 0 fully saturated rings. The van der Waals surface area contributed by atoms with E-state index in [9.17, 15) is 14.9 Å². The van der Waals surface area contributed by atoms with E-state index in [2.05, 4.69) is 5.32 Å². The Bertz CT molecular complexity index is 1040. The average Bonchev–Trinajstić information content (AvgIpc) is 2.70. The van der Waals surface area contributed by atoms with Crippen LogP contribution in [0.4, 0.5) is 11.4 Å². The zero-order valence-corrected chi connectivity index (χ0v) is 16.2. The predicted octanol–water partition coefficient (Wildman–Crippen LogP) is 5.23. The third kappa shape index (κ3) is 5.24. The summed E-state index contributed by atoms with van der Waals surface area (Å²) < 4.78 is 11.0. The summed E-state index contributed by atoms with van der Waals surface area (Å²) in [6, 6.07) is 17.9. The maximum absolute atomic E-state index is 12.5. The van der Waals surface area contributed by atoms with E-state index in [1.165, 1.54) is 6.07 Å². The van der Waals surface area contributed by atoms with Crippen molar-refractivity contribution in [3.63, 3.8) is 0 Å². The van der Waals surface area contributed by atoms with Crippen LogP contribution in [0.3, 0.4) is 0 Å². The number of para-hydroxylation sites is 1. The number of benzene rings is 3. The molecule has 3 aromatic carbocycles. The van der Waals surface area contributed by atoms with Gasteiger partial charge in [-0.25, -0.2) is 0 Å². The van der Waals surface area contributed by atoms with Crippen LogP contribution in [0.15, 0.2) is 66.7 Å². The maximum atomic E-state index is 12.5. The maximum Gasteiger partial charge on any atom is 0.273 e. The van der Waals surface area contributed by atoms with Crippen molar-refractivity contribution in [3.8, 4) is 17.2 Å². The predicted molar refractivity (Wildman–Crippen MR) is 110 cm³/mol. The highest BCUT2D eigenvalue weighted by Gasteiger charge is 2.17. The number of rotatable bonds is 7. The summed E-state index contributed by atoms with van der Waals surface area (Å²) in [4.78, 5) is 23.1. The molecular formula is C21H17ClN2O5. The van der Waals surface area contributed by atoms with Crippen LogP contribution in [0.25, 0.3) is 0 Å². The van der Waals surface area contributed by atoms with Gasteiger partial charge in [0.2, 0.25) is 5.91 Å². The second-order valence-corrected chi connectivity index (χ2v) is 6.47. The van der Waals surface area contributed by atoms with E-state index in [0.717, 1.165) is 0 Å². The van der Waals surface area contributed by atoms with Crippen molar-refractivity contribution in [2.75, 3.05) is 12.4 Å². The second-order valence-electron chi connectivity index (χ2n) is 6.03. The lowest BCUT2D eigenvalue weighted by Gasteiger charge is -2.13. The summed E-state index contributed by atoms with van der Waals surface area (Å²) in [5.41, 5.74) is 0.565. The van der Waals surface area contributed by atoms with Crippen molar-refractivity contribution in [2.24, 2.45) is 0 Å². The molecule has 0 unspecified atom stereocenters. The first-order chi connectivity index (χ1) is 14.0. The highest BCUT2D eigenvalue weighted by atomic mass is 35.5. The third-order valence-corrected chi connectivity index (χ3v) is 4.28. The Balaban J connectivity index is 1.78. The standard InChI is InChI=1S/C21H17ClN2O5/c1-28-16-7-9-17(10-8-16)29-20-11-6-15(22)13-18(20)23-21(25)12-14-4-2-3-5-19(14)24(26)27/h2-11,13H,12H2,1H3,(H,23,25). The van der Waals surface area contributed by atoms with Gasteiger partial charge in [0.1, 0.15) is 11.5 Å². The number of halogens is 1. The number of anilines is 1. The summed E-state index contributed by atoms with van der Waals surface area (Å²) in [5.74, 6) is 1.19. The Labute approximate surface area is 172 Å². The lowest BCUT2D eigenvalue weighted by atomic mass is 10.1. The van der Waals surface area contributed by atoms with Gasteiger partial charge in [0.05, 0.1) is 24.1 Å². The molecule has 0 saturated heterocycles. The first-order valence-corrected chi connectivity index (χ1v) is 8.97. The number of hydrogen-bond acceptors (Lipinski definition) is 5. The number of nitrogens with one attached hydrogen (secondary N) is 1. The van der Waals surface area contributed by atoms with E-state index < -0.39 is 10.8 Å². The number of nitro groups is 1. The van der Waals surface area contributed by atoms with Gasteiger partial charge in [-0.1, -0.05) is 29.8 Å². The minimum absolute atomic E-state index is 0.108. The molecule has 1 N–H and O–H groups in total. The van der Waals surface area contributed by atoms with Gasteiger partial charge in [0.15, 0.2) is 5.75 Å². The van der Waals surface area contributed by atoms with E-state index in [4.69, 9.17) is 21.1 Å². The number of amides is 1. The van der Waals surface area contributed by atoms with Crippen LogP contribution in [-0.2, 0) is 11.2 Å². The second kappa shape index (κ2) is 9.07. The summed E-state index contributed by atoms with van der Waals surface area (Å²) in [6.07, 6.45) is -0.161. The van der Waals surface area contributed by atoms with Crippen LogP contribution in [0.2, 0.25) is 5.02 Å². The fourth-order valence-corrected chi connectivity index (χ4v) is 2.84. The molecule has 0 radical (unpaired) electrons. The number of methoxy groups -OCH3 is 1. The Hall–Kier alpha value is -3.58. The lowest BCUT2D eigenvalue weighted by Crippen LogP contribution is -2.15. The van der Waals surface area contributed by atoms with E-state index in [1.54, 1.807) is 67.8 Å². The number of hydrogen-bond donors (Lipinski definition) is 1. The molecule has 0 aliphatic rings. The molecule has 0 aliphatic heterocycles. The van der Waals surface area contributed by atoms with Crippen molar-refractivity contribution in [2.45, 2.75) is 6.42 Å². The van der Waals surface area contributed by atoms with E-state index in [0.29, 0.717) is 33.5 Å². The minimum Gasteiger partial charge on any atom is -0.497 e. The SMILES string of the molecule is COc1ccc(Oc2ccc(Cl)cc2NC(=O)Cc2ccccc2[N+](=O)[O-])cc1. The Morgan fingerprint density at radius 1 is 1.07 bits per heavy atom. The first kappa shape index (κ1) is 20.2. The summed E-state index contributed by atoms with van der Waals surface area (Å²) in [6.45, 7) is 0. The molecule has 148 valence electrons. The fraction of sp³-hybridized carbons (Fsp3) is 0.0952. The number of ether oxygens (including phenoxy) is 2. The molecule has 0 spiro atoms. The fourth-order valence-electron chi connectivity index (χ4n) is 2.67. The first-order valence-electron chi connectivity index (χ1n) is 8.60. The Morgan fingerprint density at radius 2 is 1.76 bits per heavy atom. The number of nitrogens with zero attached hydrogens (tertiary/aromatic N) is 1. The zero-order chi connectivity index (χ0) is 20.8. The average molecular weight is 413 g/mol. The van der Waals surface area contributed by atoms with Crippen LogP contribution in [-0.4, -0.2) is 17.9 Å². The largest absolute Gasteiger partial charge is 0.497 e. The third-order valence-electron chi connectivity index (χ3n) is 4.04. The van der Waals surface area contributed by atoms with E-state index in [1.807, 2.05) is 0 Å². The zero-order valence-electron chi connectivity index (χ0n) is 15.4. The quantitative estimate of drug-likeness (QED) is 0.423. The van der Waals surface area contributed by atoms with Crippen LogP contribution in [0.5, 0.6) is 17.2 Å². The van der Waals surface area contributed by atoms with Crippen LogP contribution in [0, 0.1) is 10.1 Å². The topological polar surface area (TPSA) is 90.7 Å². The molecule has 0 aliphatic carbocycles. The molecule has 3 aromatic rings. The molecule has 0 heterocycles. The minimum atomic E-state index is -0.514. The summed E-state index contributed by atoms with van der Waals surface area (Å²) in [7, 11) is 1.57. The Morgan fingerprint density at radius 3 is 2.45 bits per heavy atom. The summed E-state index contributed by atoms with van der Waals surface area (Å²) >= 11 is 6.06. The number of nitro benzene ring substituents is 1. The van der Waals surface area contributed by atoms with Gasteiger partial charge in [0.25, 0.3) is 5.69 Å². The van der Waals surface area contributed by atoms with E-state index in [-0.39, 0.29) is 12.1 Å². The Kier molecular flexibility index (Phi) is 6.31. The smallest absolute Gasteiger partial charge is 0.273 e. The van der Waals surface area contributed by atoms with Crippen molar-refractivity contribution < 1.29 is 19.2 Å². The van der Waals surface area contributed by atoms with Gasteiger partial charge >= 0.3 is 0 Å². The molecule has 8 heteroatoms. The number of carbonyl (C=O) groups excluding carboxylic acids is 1. The van der Waals surface area contributed by atoms with Crippen molar-refractivity contribution in [3.05, 3.63) is 87.4 Å². The monoisotopic (exact) mass is 412 g/mol. The molecule has 0 bridgehead atoms. The van der Waals surface area contributed by atoms with Crippen molar-refractivity contribution in [1.82, 2.24) is 0 Å². The van der Waals surface area contributed by atoms with Crippen molar-refractivity contribution >= 4 is 28.9 Å². The summed E-state index contributed by atoms with van der Waals surface area (Å²) in [5, 5.41) is 14.3. The molecule has 0 atom stereocenters. The molecular weight excluding hydrogens is 396 g/mol. The molecule has 0 saturated carbocycles. The van der Waals surface area contributed by atoms with Gasteiger partial charge in [-0.15, -0.1) is 0 Å².